The van der Waals surface area contributed by atoms with E-state index in [9.17, 15) is 5.21 Å². The third-order valence-electron chi connectivity index (χ3n) is 2.33. The van der Waals surface area contributed by atoms with Crippen LogP contribution < -0.4 is 0 Å². The zero-order valence-electron chi connectivity index (χ0n) is 9.90. The van der Waals surface area contributed by atoms with Gasteiger partial charge in [-0.2, -0.15) is 5.06 Å². The van der Waals surface area contributed by atoms with Crippen molar-refractivity contribution in [2.75, 3.05) is 6.54 Å². The van der Waals surface area contributed by atoms with Gasteiger partial charge in [0.15, 0.2) is 0 Å². The van der Waals surface area contributed by atoms with Crippen LogP contribution in [0.4, 0.5) is 0 Å². The van der Waals surface area contributed by atoms with Crippen LogP contribution >= 0.6 is 0 Å². The Balaban J connectivity index is 2.34. The third kappa shape index (κ3) is 5.55. The number of hydrogen-bond donors (Lipinski definition) is 1. The number of rotatable bonds is 4. The van der Waals surface area contributed by atoms with Crippen molar-refractivity contribution in [3.05, 3.63) is 35.9 Å². The fraction of sp³-hybridized carbons (Fsp3) is 0.538. The molecule has 15 heavy (non-hydrogen) atoms. The van der Waals surface area contributed by atoms with Gasteiger partial charge in [0.1, 0.15) is 0 Å². The van der Waals surface area contributed by atoms with Crippen molar-refractivity contribution in [1.29, 1.82) is 0 Å². The summed E-state index contributed by atoms with van der Waals surface area (Å²) in [6.45, 7) is 7.88. The SMILES string of the molecule is CC(C)(C)CCN(O)Cc1ccccc1. The Morgan fingerprint density at radius 1 is 1.13 bits per heavy atom. The van der Waals surface area contributed by atoms with E-state index in [-0.39, 0.29) is 5.41 Å². The molecule has 0 heterocycles. The standard InChI is InChI=1S/C13H21NO/c1-13(2,3)9-10-14(15)11-12-7-5-4-6-8-12/h4-8,15H,9-11H2,1-3H3. The van der Waals surface area contributed by atoms with E-state index in [1.54, 1.807) is 0 Å². The van der Waals surface area contributed by atoms with Crippen molar-refractivity contribution < 1.29 is 5.21 Å². The van der Waals surface area contributed by atoms with Gasteiger partial charge in [-0.15, -0.1) is 0 Å². The zero-order chi connectivity index (χ0) is 11.3. The van der Waals surface area contributed by atoms with Gasteiger partial charge in [0.05, 0.1) is 0 Å². The first kappa shape index (κ1) is 12.2. The maximum absolute atomic E-state index is 9.70. The molecule has 0 saturated carbocycles. The normalized spacial score (nSPS) is 12.1. The number of hydrogen-bond acceptors (Lipinski definition) is 2. The van der Waals surface area contributed by atoms with E-state index < -0.39 is 0 Å². The van der Waals surface area contributed by atoms with Gasteiger partial charge in [-0.25, -0.2) is 0 Å². The Morgan fingerprint density at radius 3 is 2.27 bits per heavy atom. The summed E-state index contributed by atoms with van der Waals surface area (Å²) in [5, 5.41) is 11.1. The highest BCUT2D eigenvalue weighted by Gasteiger charge is 2.12. The van der Waals surface area contributed by atoms with E-state index in [2.05, 4.69) is 20.8 Å². The van der Waals surface area contributed by atoms with Gasteiger partial charge in [0.2, 0.25) is 0 Å². The van der Waals surface area contributed by atoms with Crippen LogP contribution in [-0.2, 0) is 6.54 Å². The van der Waals surface area contributed by atoms with Crippen molar-refractivity contribution in [2.24, 2.45) is 5.41 Å². The number of benzene rings is 1. The van der Waals surface area contributed by atoms with E-state index in [4.69, 9.17) is 0 Å². The largest absolute Gasteiger partial charge is 0.314 e. The lowest BCUT2D eigenvalue weighted by atomic mass is 9.92. The van der Waals surface area contributed by atoms with Crippen LogP contribution in [0.25, 0.3) is 0 Å². The molecule has 0 saturated heterocycles. The smallest absolute Gasteiger partial charge is 0.0488 e. The first-order valence-corrected chi connectivity index (χ1v) is 5.45. The van der Waals surface area contributed by atoms with E-state index in [1.165, 1.54) is 5.06 Å². The van der Waals surface area contributed by atoms with E-state index in [1.807, 2.05) is 30.3 Å². The van der Waals surface area contributed by atoms with Crippen LogP contribution in [-0.4, -0.2) is 16.8 Å². The average Bonchev–Trinajstić information content (AvgIpc) is 2.15. The van der Waals surface area contributed by atoms with Crippen molar-refractivity contribution >= 4 is 0 Å². The summed E-state index contributed by atoms with van der Waals surface area (Å²) in [5.74, 6) is 0. The third-order valence-corrected chi connectivity index (χ3v) is 2.33. The van der Waals surface area contributed by atoms with E-state index >= 15 is 0 Å². The summed E-state index contributed by atoms with van der Waals surface area (Å²) in [7, 11) is 0. The predicted molar refractivity (Wildman–Crippen MR) is 62.7 cm³/mol. The van der Waals surface area contributed by atoms with Gasteiger partial charge in [-0.3, -0.25) is 0 Å². The summed E-state index contributed by atoms with van der Waals surface area (Å²) >= 11 is 0. The molecule has 0 aromatic heterocycles. The Hall–Kier alpha value is -0.860. The van der Waals surface area contributed by atoms with Crippen LogP contribution in [0.1, 0.15) is 32.8 Å². The van der Waals surface area contributed by atoms with Gasteiger partial charge in [0.25, 0.3) is 0 Å². The van der Waals surface area contributed by atoms with E-state index in [0.717, 1.165) is 18.5 Å². The minimum atomic E-state index is 0.275. The van der Waals surface area contributed by atoms with Crippen molar-refractivity contribution in [3.63, 3.8) is 0 Å². The topological polar surface area (TPSA) is 23.5 Å². The maximum Gasteiger partial charge on any atom is 0.0488 e. The highest BCUT2D eigenvalue weighted by molar-refractivity contribution is 5.13. The molecule has 1 N–H and O–H groups in total. The lowest BCUT2D eigenvalue weighted by molar-refractivity contribution is -0.104. The molecule has 0 fully saturated rings. The quantitative estimate of drug-likeness (QED) is 0.766. The van der Waals surface area contributed by atoms with Crippen LogP contribution in [0.15, 0.2) is 30.3 Å². The Labute approximate surface area is 92.5 Å². The predicted octanol–water partition coefficient (Wildman–Crippen LogP) is 3.31. The monoisotopic (exact) mass is 207 g/mol. The Bertz CT molecular complexity index is 276. The molecular weight excluding hydrogens is 186 g/mol. The second-order valence-corrected chi connectivity index (χ2v) is 5.18. The molecule has 0 spiro atoms. The first-order valence-electron chi connectivity index (χ1n) is 5.45. The van der Waals surface area contributed by atoms with E-state index in [0.29, 0.717) is 6.54 Å². The Kier molecular flexibility index (Phi) is 4.30. The fourth-order valence-electron chi connectivity index (χ4n) is 1.34. The van der Waals surface area contributed by atoms with Crippen molar-refractivity contribution in [3.8, 4) is 0 Å². The van der Waals surface area contributed by atoms with Crippen molar-refractivity contribution in [1.82, 2.24) is 5.06 Å². The molecule has 2 heteroatoms. The fourth-order valence-corrected chi connectivity index (χ4v) is 1.34. The number of hydroxylamine groups is 2. The van der Waals surface area contributed by atoms with Gasteiger partial charge in [-0.05, 0) is 17.4 Å². The molecule has 1 rings (SSSR count). The number of nitrogens with zero attached hydrogens (tertiary/aromatic N) is 1. The second kappa shape index (κ2) is 5.29. The van der Waals surface area contributed by atoms with Gasteiger partial charge in [-0.1, -0.05) is 51.1 Å². The van der Waals surface area contributed by atoms with Crippen LogP contribution in [0.5, 0.6) is 0 Å². The molecule has 0 atom stereocenters. The second-order valence-electron chi connectivity index (χ2n) is 5.18. The van der Waals surface area contributed by atoms with Gasteiger partial charge < -0.3 is 5.21 Å². The molecule has 0 aliphatic rings. The molecule has 0 aliphatic heterocycles. The molecule has 0 bridgehead atoms. The zero-order valence-corrected chi connectivity index (χ0v) is 9.90. The average molecular weight is 207 g/mol. The summed E-state index contributed by atoms with van der Waals surface area (Å²) in [6.07, 6.45) is 0.996. The van der Waals surface area contributed by atoms with Gasteiger partial charge >= 0.3 is 0 Å². The highest BCUT2D eigenvalue weighted by Crippen LogP contribution is 2.18. The summed E-state index contributed by atoms with van der Waals surface area (Å²) in [4.78, 5) is 0. The van der Waals surface area contributed by atoms with Crippen molar-refractivity contribution in [2.45, 2.75) is 33.7 Å². The lowest BCUT2D eigenvalue weighted by Crippen LogP contribution is -2.23. The molecule has 0 aliphatic carbocycles. The molecule has 0 radical (unpaired) electrons. The highest BCUT2D eigenvalue weighted by atomic mass is 16.5. The lowest BCUT2D eigenvalue weighted by Gasteiger charge is -2.22. The summed E-state index contributed by atoms with van der Waals surface area (Å²) in [5.41, 5.74) is 1.42. The molecule has 2 nitrogen and oxygen atoms in total. The molecule has 0 amide bonds. The first-order chi connectivity index (χ1) is 6.97. The van der Waals surface area contributed by atoms with Gasteiger partial charge in [0, 0.05) is 13.1 Å². The van der Waals surface area contributed by atoms with Crippen LogP contribution in [0, 0.1) is 5.41 Å². The molecule has 1 aromatic rings. The maximum atomic E-state index is 9.70. The summed E-state index contributed by atoms with van der Waals surface area (Å²) < 4.78 is 0. The Morgan fingerprint density at radius 2 is 1.73 bits per heavy atom. The molecule has 1 aromatic carbocycles. The minimum absolute atomic E-state index is 0.275. The van der Waals surface area contributed by atoms with Crippen LogP contribution in [0.2, 0.25) is 0 Å². The molecule has 0 unspecified atom stereocenters. The summed E-state index contributed by atoms with van der Waals surface area (Å²) in [6, 6.07) is 10.0. The minimum Gasteiger partial charge on any atom is -0.314 e. The van der Waals surface area contributed by atoms with Crippen LogP contribution in [0.3, 0.4) is 0 Å². The molecule has 84 valence electrons. The molecular formula is C13H21NO.